The number of hydrogen-bond donors (Lipinski definition) is 1. The minimum Gasteiger partial charge on any atom is -0.378 e. The molecule has 2 heterocycles. The predicted octanol–water partition coefficient (Wildman–Crippen LogP) is 2.59. The number of nitrogens with zero attached hydrogens (tertiary/aromatic N) is 1. The van der Waals surface area contributed by atoms with E-state index in [1.165, 1.54) is 44.3 Å². The first kappa shape index (κ1) is 14.1. The van der Waals surface area contributed by atoms with Gasteiger partial charge in [-0.15, -0.1) is 0 Å². The molecule has 3 nitrogen and oxygen atoms in total. The zero-order chi connectivity index (χ0) is 13.6. The standard InChI is InChI=1S/C17H26N2O/c1-2-6-15(7-3-1)17-14-19(12-10-18-17)11-4-8-16-9-5-13-20-16/h1-3,6-7,16-18H,4-5,8-14H2. The van der Waals surface area contributed by atoms with Crippen LogP contribution in [-0.4, -0.2) is 43.8 Å². The summed E-state index contributed by atoms with van der Waals surface area (Å²) in [5.74, 6) is 0. The van der Waals surface area contributed by atoms with Crippen molar-refractivity contribution in [3.63, 3.8) is 0 Å². The van der Waals surface area contributed by atoms with Crippen LogP contribution in [0.2, 0.25) is 0 Å². The molecule has 0 radical (unpaired) electrons. The van der Waals surface area contributed by atoms with E-state index in [9.17, 15) is 0 Å². The Hall–Kier alpha value is -0.900. The van der Waals surface area contributed by atoms with Crippen LogP contribution in [0.25, 0.3) is 0 Å². The van der Waals surface area contributed by atoms with Crippen molar-refractivity contribution in [1.29, 1.82) is 0 Å². The molecule has 0 saturated carbocycles. The van der Waals surface area contributed by atoms with E-state index in [1.807, 2.05) is 0 Å². The second-order valence-corrected chi connectivity index (χ2v) is 6.00. The van der Waals surface area contributed by atoms with Gasteiger partial charge in [-0.2, -0.15) is 0 Å². The van der Waals surface area contributed by atoms with Crippen molar-refractivity contribution in [2.75, 3.05) is 32.8 Å². The van der Waals surface area contributed by atoms with Gasteiger partial charge in [0.05, 0.1) is 6.10 Å². The number of rotatable bonds is 5. The fourth-order valence-electron chi connectivity index (χ4n) is 3.34. The summed E-state index contributed by atoms with van der Waals surface area (Å²) < 4.78 is 5.70. The van der Waals surface area contributed by atoms with Gasteiger partial charge in [-0.1, -0.05) is 30.3 Å². The zero-order valence-electron chi connectivity index (χ0n) is 12.3. The molecule has 3 heteroatoms. The molecule has 2 saturated heterocycles. The molecule has 2 aliphatic rings. The number of ether oxygens (including phenoxy) is 1. The van der Waals surface area contributed by atoms with Gasteiger partial charge >= 0.3 is 0 Å². The maximum Gasteiger partial charge on any atom is 0.0576 e. The van der Waals surface area contributed by atoms with Crippen molar-refractivity contribution >= 4 is 0 Å². The summed E-state index contributed by atoms with van der Waals surface area (Å²) in [7, 11) is 0. The fourth-order valence-corrected chi connectivity index (χ4v) is 3.34. The lowest BCUT2D eigenvalue weighted by molar-refractivity contribution is 0.0967. The largest absolute Gasteiger partial charge is 0.378 e. The van der Waals surface area contributed by atoms with E-state index in [4.69, 9.17) is 4.74 Å². The molecule has 2 atom stereocenters. The molecule has 0 bridgehead atoms. The lowest BCUT2D eigenvalue weighted by atomic mass is 10.0. The first-order chi connectivity index (χ1) is 9.92. The Morgan fingerprint density at radius 2 is 2.15 bits per heavy atom. The van der Waals surface area contributed by atoms with Gasteiger partial charge in [0.15, 0.2) is 0 Å². The Bertz CT molecular complexity index is 389. The third-order valence-corrected chi connectivity index (χ3v) is 4.49. The Balaban J connectivity index is 1.43. The van der Waals surface area contributed by atoms with Crippen LogP contribution >= 0.6 is 0 Å². The van der Waals surface area contributed by atoms with Gasteiger partial charge in [-0.25, -0.2) is 0 Å². The molecule has 0 aliphatic carbocycles. The quantitative estimate of drug-likeness (QED) is 0.893. The van der Waals surface area contributed by atoms with Crippen molar-refractivity contribution in [2.45, 2.75) is 37.8 Å². The van der Waals surface area contributed by atoms with Crippen molar-refractivity contribution in [3.8, 4) is 0 Å². The topological polar surface area (TPSA) is 24.5 Å². The molecular weight excluding hydrogens is 248 g/mol. The summed E-state index contributed by atoms with van der Waals surface area (Å²) in [5, 5.41) is 3.63. The van der Waals surface area contributed by atoms with Gasteiger partial charge in [0.25, 0.3) is 0 Å². The summed E-state index contributed by atoms with van der Waals surface area (Å²) in [6.07, 6.45) is 5.58. The number of piperazine rings is 1. The van der Waals surface area contributed by atoms with Crippen molar-refractivity contribution in [1.82, 2.24) is 10.2 Å². The first-order valence-electron chi connectivity index (χ1n) is 8.04. The lowest BCUT2D eigenvalue weighted by Gasteiger charge is -2.34. The second-order valence-electron chi connectivity index (χ2n) is 6.00. The van der Waals surface area contributed by atoms with Crippen LogP contribution in [-0.2, 0) is 4.74 Å². The molecule has 1 aromatic rings. The van der Waals surface area contributed by atoms with Crippen LogP contribution in [0.1, 0.15) is 37.3 Å². The molecule has 0 amide bonds. The normalized spacial score (nSPS) is 27.8. The fraction of sp³-hybridized carbons (Fsp3) is 0.647. The maximum atomic E-state index is 5.70. The van der Waals surface area contributed by atoms with Crippen molar-refractivity contribution in [2.24, 2.45) is 0 Å². The summed E-state index contributed by atoms with van der Waals surface area (Å²) in [5.41, 5.74) is 1.41. The van der Waals surface area contributed by atoms with Gasteiger partial charge in [-0.3, -0.25) is 0 Å². The maximum absolute atomic E-state index is 5.70. The van der Waals surface area contributed by atoms with Crippen LogP contribution < -0.4 is 5.32 Å². The molecular formula is C17H26N2O. The monoisotopic (exact) mass is 274 g/mol. The van der Waals surface area contributed by atoms with E-state index >= 15 is 0 Å². The molecule has 1 N–H and O–H groups in total. The summed E-state index contributed by atoms with van der Waals surface area (Å²) in [6, 6.07) is 11.3. The van der Waals surface area contributed by atoms with Crippen molar-refractivity contribution < 1.29 is 4.74 Å². The molecule has 2 unspecified atom stereocenters. The van der Waals surface area contributed by atoms with Gasteiger partial charge in [0, 0.05) is 32.3 Å². The van der Waals surface area contributed by atoms with E-state index < -0.39 is 0 Å². The first-order valence-corrected chi connectivity index (χ1v) is 8.04. The van der Waals surface area contributed by atoms with Crippen LogP contribution in [0, 0.1) is 0 Å². The molecule has 2 fully saturated rings. The van der Waals surface area contributed by atoms with Gasteiger partial charge < -0.3 is 15.0 Å². The molecule has 2 aliphatic heterocycles. The van der Waals surface area contributed by atoms with Crippen molar-refractivity contribution in [3.05, 3.63) is 35.9 Å². The summed E-state index contributed by atoms with van der Waals surface area (Å²) in [6.45, 7) is 5.60. The average molecular weight is 274 g/mol. The van der Waals surface area contributed by atoms with Crippen LogP contribution in [0.5, 0.6) is 0 Å². The highest BCUT2D eigenvalue weighted by atomic mass is 16.5. The Morgan fingerprint density at radius 3 is 2.95 bits per heavy atom. The Labute approximate surface area is 122 Å². The van der Waals surface area contributed by atoms with E-state index in [2.05, 4.69) is 40.5 Å². The Morgan fingerprint density at radius 1 is 1.25 bits per heavy atom. The SMILES string of the molecule is c1ccc(C2CN(CCCC3CCCO3)CCN2)cc1. The highest BCUT2D eigenvalue weighted by Crippen LogP contribution is 2.19. The van der Waals surface area contributed by atoms with E-state index in [-0.39, 0.29) is 0 Å². The summed E-state index contributed by atoms with van der Waals surface area (Å²) in [4.78, 5) is 2.60. The Kier molecular flexibility index (Phi) is 5.06. The lowest BCUT2D eigenvalue weighted by Crippen LogP contribution is -2.46. The molecule has 1 aromatic carbocycles. The summed E-state index contributed by atoms with van der Waals surface area (Å²) >= 11 is 0. The van der Waals surface area contributed by atoms with E-state index in [0.29, 0.717) is 12.1 Å². The minimum atomic E-state index is 0.493. The molecule has 20 heavy (non-hydrogen) atoms. The van der Waals surface area contributed by atoms with Gasteiger partial charge in [-0.05, 0) is 37.8 Å². The van der Waals surface area contributed by atoms with Crippen LogP contribution in [0.4, 0.5) is 0 Å². The highest BCUT2D eigenvalue weighted by molar-refractivity contribution is 5.19. The number of benzene rings is 1. The number of nitrogens with one attached hydrogen (secondary N) is 1. The van der Waals surface area contributed by atoms with Gasteiger partial charge in [0.1, 0.15) is 0 Å². The van der Waals surface area contributed by atoms with Crippen LogP contribution in [0.3, 0.4) is 0 Å². The molecule has 0 aromatic heterocycles. The predicted molar refractivity (Wildman–Crippen MR) is 81.8 cm³/mol. The van der Waals surface area contributed by atoms with E-state index in [1.54, 1.807) is 0 Å². The highest BCUT2D eigenvalue weighted by Gasteiger charge is 2.21. The van der Waals surface area contributed by atoms with Gasteiger partial charge in [0.2, 0.25) is 0 Å². The average Bonchev–Trinajstić information content (AvgIpc) is 3.02. The minimum absolute atomic E-state index is 0.493. The number of hydrogen-bond acceptors (Lipinski definition) is 3. The van der Waals surface area contributed by atoms with Crippen LogP contribution in [0.15, 0.2) is 30.3 Å². The third-order valence-electron chi connectivity index (χ3n) is 4.49. The molecule has 110 valence electrons. The zero-order valence-corrected chi connectivity index (χ0v) is 12.3. The smallest absolute Gasteiger partial charge is 0.0576 e. The second kappa shape index (κ2) is 7.21. The van der Waals surface area contributed by atoms with E-state index in [0.717, 1.165) is 19.7 Å². The molecule has 3 rings (SSSR count). The third kappa shape index (κ3) is 3.81. The molecule has 0 spiro atoms.